The predicted molar refractivity (Wildman–Crippen MR) is 60.0 cm³/mol. The van der Waals surface area contributed by atoms with E-state index in [-0.39, 0.29) is 11.3 Å². The SMILES string of the molecule is COC(=O)c1ccc(C#CCCN)cc1O. The highest BCUT2D eigenvalue weighted by Crippen LogP contribution is 2.19. The number of phenols is 1. The molecule has 0 aliphatic carbocycles. The molecule has 84 valence electrons. The van der Waals surface area contributed by atoms with Crippen molar-refractivity contribution in [1.29, 1.82) is 0 Å². The van der Waals surface area contributed by atoms with Crippen molar-refractivity contribution >= 4 is 5.97 Å². The van der Waals surface area contributed by atoms with Crippen LogP contribution in [0.3, 0.4) is 0 Å². The van der Waals surface area contributed by atoms with E-state index in [1.807, 2.05) is 0 Å². The van der Waals surface area contributed by atoms with E-state index < -0.39 is 5.97 Å². The molecule has 0 radical (unpaired) electrons. The van der Waals surface area contributed by atoms with Crippen molar-refractivity contribution < 1.29 is 14.6 Å². The number of aromatic hydroxyl groups is 1. The van der Waals surface area contributed by atoms with Gasteiger partial charge in [-0.15, -0.1) is 0 Å². The first kappa shape index (κ1) is 12.1. The third-order valence-electron chi connectivity index (χ3n) is 1.91. The lowest BCUT2D eigenvalue weighted by Gasteiger charge is -2.02. The summed E-state index contributed by atoms with van der Waals surface area (Å²) in [5.41, 5.74) is 6.06. The smallest absolute Gasteiger partial charge is 0.341 e. The van der Waals surface area contributed by atoms with Crippen LogP contribution in [0.15, 0.2) is 18.2 Å². The van der Waals surface area contributed by atoms with Crippen LogP contribution >= 0.6 is 0 Å². The number of nitrogens with two attached hydrogens (primary N) is 1. The second-order valence-electron chi connectivity index (χ2n) is 3.06. The first-order chi connectivity index (χ1) is 7.69. The number of phenolic OH excluding ortho intramolecular Hbond substituents is 1. The zero-order valence-corrected chi connectivity index (χ0v) is 8.99. The molecule has 16 heavy (non-hydrogen) atoms. The van der Waals surface area contributed by atoms with Gasteiger partial charge in [0.15, 0.2) is 0 Å². The fourth-order valence-electron chi connectivity index (χ4n) is 1.13. The molecule has 0 aliphatic rings. The van der Waals surface area contributed by atoms with E-state index in [1.54, 1.807) is 6.07 Å². The number of methoxy groups -OCH3 is 1. The molecule has 1 rings (SSSR count). The molecule has 0 aromatic heterocycles. The van der Waals surface area contributed by atoms with Crippen LogP contribution < -0.4 is 5.73 Å². The lowest BCUT2D eigenvalue weighted by molar-refractivity contribution is 0.0597. The van der Waals surface area contributed by atoms with Gasteiger partial charge in [-0.1, -0.05) is 11.8 Å². The quantitative estimate of drug-likeness (QED) is 0.572. The van der Waals surface area contributed by atoms with Gasteiger partial charge in [0.2, 0.25) is 0 Å². The highest BCUT2D eigenvalue weighted by molar-refractivity contribution is 5.92. The third kappa shape index (κ3) is 3.01. The van der Waals surface area contributed by atoms with Crippen LogP contribution in [0.1, 0.15) is 22.3 Å². The molecule has 0 unspecified atom stereocenters. The molecule has 0 spiro atoms. The molecule has 0 aliphatic heterocycles. The Balaban J connectivity index is 2.92. The molecule has 4 nitrogen and oxygen atoms in total. The molecular formula is C12H13NO3. The van der Waals surface area contributed by atoms with E-state index in [2.05, 4.69) is 16.6 Å². The van der Waals surface area contributed by atoms with Gasteiger partial charge in [-0.3, -0.25) is 0 Å². The van der Waals surface area contributed by atoms with E-state index in [0.717, 1.165) is 0 Å². The number of hydrogen-bond acceptors (Lipinski definition) is 4. The van der Waals surface area contributed by atoms with Crippen LogP contribution in [0, 0.1) is 11.8 Å². The van der Waals surface area contributed by atoms with Crippen LogP contribution in [0.5, 0.6) is 5.75 Å². The van der Waals surface area contributed by atoms with Gasteiger partial charge in [-0.05, 0) is 18.2 Å². The average molecular weight is 219 g/mol. The Hall–Kier alpha value is -1.99. The highest BCUT2D eigenvalue weighted by atomic mass is 16.5. The van der Waals surface area contributed by atoms with Crippen molar-refractivity contribution in [2.75, 3.05) is 13.7 Å². The zero-order valence-electron chi connectivity index (χ0n) is 8.99. The van der Waals surface area contributed by atoms with Crippen molar-refractivity contribution in [3.63, 3.8) is 0 Å². The molecule has 0 fully saturated rings. The maximum absolute atomic E-state index is 11.2. The molecule has 0 saturated carbocycles. The lowest BCUT2D eigenvalue weighted by Crippen LogP contribution is -2.01. The largest absolute Gasteiger partial charge is 0.507 e. The molecule has 4 heteroatoms. The normalized spacial score (nSPS) is 9.12. The highest BCUT2D eigenvalue weighted by Gasteiger charge is 2.10. The summed E-state index contributed by atoms with van der Waals surface area (Å²) in [5, 5.41) is 9.56. The number of esters is 1. The number of rotatable bonds is 2. The summed E-state index contributed by atoms with van der Waals surface area (Å²) in [6.45, 7) is 0.499. The second kappa shape index (κ2) is 5.79. The van der Waals surface area contributed by atoms with Crippen molar-refractivity contribution in [2.24, 2.45) is 5.73 Å². The Bertz CT molecular complexity index is 443. The van der Waals surface area contributed by atoms with Crippen LogP contribution in [0.4, 0.5) is 0 Å². The van der Waals surface area contributed by atoms with Crippen molar-refractivity contribution in [3.05, 3.63) is 29.3 Å². The Morgan fingerprint density at radius 1 is 1.56 bits per heavy atom. The van der Waals surface area contributed by atoms with Gasteiger partial charge in [-0.2, -0.15) is 0 Å². The van der Waals surface area contributed by atoms with Crippen molar-refractivity contribution in [1.82, 2.24) is 0 Å². The van der Waals surface area contributed by atoms with E-state index in [1.165, 1.54) is 19.2 Å². The Kier molecular flexibility index (Phi) is 4.37. The number of ether oxygens (including phenoxy) is 1. The maximum Gasteiger partial charge on any atom is 0.341 e. The van der Waals surface area contributed by atoms with Gasteiger partial charge in [0.25, 0.3) is 0 Å². The molecule has 0 atom stereocenters. The first-order valence-electron chi connectivity index (χ1n) is 4.79. The zero-order chi connectivity index (χ0) is 12.0. The van der Waals surface area contributed by atoms with Gasteiger partial charge in [-0.25, -0.2) is 4.79 Å². The summed E-state index contributed by atoms with van der Waals surface area (Å²) in [6.07, 6.45) is 0.597. The summed E-state index contributed by atoms with van der Waals surface area (Å²) in [4.78, 5) is 11.2. The van der Waals surface area contributed by atoms with Crippen molar-refractivity contribution in [3.8, 4) is 17.6 Å². The molecule has 0 saturated heterocycles. The summed E-state index contributed by atoms with van der Waals surface area (Å²) in [7, 11) is 1.26. The lowest BCUT2D eigenvalue weighted by atomic mass is 10.1. The fourth-order valence-corrected chi connectivity index (χ4v) is 1.13. The predicted octanol–water partition coefficient (Wildman–Crippen LogP) is 0.879. The molecule has 3 N–H and O–H groups in total. The minimum atomic E-state index is -0.570. The van der Waals surface area contributed by atoms with Crippen LogP contribution in [-0.2, 0) is 4.74 Å². The van der Waals surface area contributed by atoms with Gasteiger partial charge in [0, 0.05) is 18.5 Å². The Morgan fingerprint density at radius 3 is 2.88 bits per heavy atom. The number of carbonyl (C=O) groups is 1. The molecule has 1 aromatic rings. The summed E-state index contributed by atoms with van der Waals surface area (Å²) >= 11 is 0. The Morgan fingerprint density at radius 2 is 2.31 bits per heavy atom. The number of hydrogen-bond donors (Lipinski definition) is 2. The maximum atomic E-state index is 11.2. The molecule has 0 bridgehead atoms. The van der Waals surface area contributed by atoms with Gasteiger partial charge in [0.1, 0.15) is 11.3 Å². The molecule has 0 amide bonds. The van der Waals surface area contributed by atoms with E-state index in [0.29, 0.717) is 18.5 Å². The van der Waals surface area contributed by atoms with Crippen LogP contribution in [-0.4, -0.2) is 24.7 Å². The van der Waals surface area contributed by atoms with E-state index in [9.17, 15) is 9.90 Å². The molecule has 0 heterocycles. The van der Waals surface area contributed by atoms with Crippen LogP contribution in [0.25, 0.3) is 0 Å². The molecule has 1 aromatic carbocycles. The van der Waals surface area contributed by atoms with Gasteiger partial charge < -0.3 is 15.6 Å². The van der Waals surface area contributed by atoms with Gasteiger partial charge in [0.05, 0.1) is 7.11 Å². The summed E-state index contributed by atoms with van der Waals surface area (Å²) in [6, 6.07) is 4.55. The first-order valence-corrected chi connectivity index (χ1v) is 4.79. The number of carbonyl (C=O) groups excluding carboxylic acids is 1. The standard InChI is InChI=1S/C12H13NO3/c1-16-12(15)10-6-5-9(8-11(10)14)4-2-3-7-13/h5-6,8,14H,3,7,13H2,1H3. The summed E-state index contributed by atoms with van der Waals surface area (Å²) < 4.78 is 4.50. The summed E-state index contributed by atoms with van der Waals surface area (Å²) in [5.74, 6) is 4.96. The molecular weight excluding hydrogens is 206 g/mol. The number of benzene rings is 1. The monoisotopic (exact) mass is 219 g/mol. The average Bonchev–Trinajstić information content (AvgIpc) is 2.29. The minimum Gasteiger partial charge on any atom is -0.507 e. The van der Waals surface area contributed by atoms with Crippen molar-refractivity contribution in [2.45, 2.75) is 6.42 Å². The fraction of sp³-hybridized carbons (Fsp3) is 0.250. The van der Waals surface area contributed by atoms with E-state index in [4.69, 9.17) is 5.73 Å². The van der Waals surface area contributed by atoms with Crippen LogP contribution in [0.2, 0.25) is 0 Å². The topological polar surface area (TPSA) is 72.5 Å². The Labute approximate surface area is 94.0 Å². The van der Waals surface area contributed by atoms with Gasteiger partial charge >= 0.3 is 5.97 Å². The second-order valence-corrected chi connectivity index (χ2v) is 3.06. The minimum absolute atomic E-state index is 0.131. The third-order valence-corrected chi connectivity index (χ3v) is 1.91. The van der Waals surface area contributed by atoms with E-state index >= 15 is 0 Å².